The van der Waals surface area contributed by atoms with Crippen molar-refractivity contribution in [3.8, 4) is 0 Å². The van der Waals surface area contributed by atoms with Crippen LogP contribution in [0, 0.1) is 0 Å². The summed E-state index contributed by atoms with van der Waals surface area (Å²) >= 11 is 1.69. The molecular weight excluding hydrogens is 258 g/mol. The first kappa shape index (κ1) is 15.0. The summed E-state index contributed by atoms with van der Waals surface area (Å²) in [6.07, 6.45) is 6.21. The van der Waals surface area contributed by atoms with E-state index in [9.17, 15) is 5.11 Å². The summed E-state index contributed by atoms with van der Waals surface area (Å²) in [6, 6.07) is 4.74. The molecule has 0 spiro atoms. The molecular formula is C15H25NO2S. The molecule has 1 atom stereocenters. The van der Waals surface area contributed by atoms with Crippen LogP contribution in [-0.4, -0.2) is 42.4 Å². The van der Waals surface area contributed by atoms with Gasteiger partial charge in [0.2, 0.25) is 0 Å². The third-order valence-electron chi connectivity index (χ3n) is 3.83. The zero-order chi connectivity index (χ0) is 13.5. The number of rotatable bonds is 7. The van der Waals surface area contributed by atoms with E-state index in [1.165, 1.54) is 37.0 Å². The van der Waals surface area contributed by atoms with Gasteiger partial charge in [-0.25, -0.2) is 0 Å². The van der Waals surface area contributed by atoms with Crippen molar-refractivity contribution in [1.29, 1.82) is 0 Å². The minimum absolute atomic E-state index is 0.383. The number of hydrogen-bond donors (Lipinski definition) is 1. The lowest BCUT2D eigenvalue weighted by Crippen LogP contribution is -2.40. The quantitative estimate of drug-likeness (QED) is 0.835. The van der Waals surface area contributed by atoms with E-state index in [-0.39, 0.29) is 6.10 Å². The highest BCUT2D eigenvalue weighted by Gasteiger charge is 2.19. The second-order valence-corrected chi connectivity index (χ2v) is 6.51. The number of nitrogens with zero attached hydrogens (tertiary/aromatic N) is 1. The van der Waals surface area contributed by atoms with Crippen LogP contribution in [0.2, 0.25) is 0 Å². The molecule has 1 heterocycles. The summed E-state index contributed by atoms with van der Waals surface area (Å²) in [5.74, 6) is 0. The maximum Gasteiger partial charge on any atom is 0.0900 e. The lowest BCUT2D eigenvalue weighted by atomic mass is 9.94. The zero-order valence-electron chi connectivity index (χ0n) is 11.8. The van der Waals surface area contributed by atoms with Gasteiger partial charge in [-0.1, -0.05) is 25.3 Å². The van der Waals surface area contributed by atoms with E-state index in [2.05, 4.69) is 18.0 Å². The van der Waals surface area contributed by atoms with E-state index in [4.69, 9.17) is 4.74 Å². The maximum atomic E-state index is 10.0. The van der Waals surface area contributed by atoms with Crippen LogP contribution in [0.5, 0.6) is 0 Å². The number of hydrogen-bond acceptors (Lipinski definition) is 4. The summed E-state index contributed by atoms with van der Waals surface area (Å²) in [7, 11) is 2.12. The molecule has 19 heavy (non-hydrogen) atoms. The first-order valence-corrected chi connectivity index (χ1v) is 8.12. The minimum Gasteiger partial charge on any atom is -0.389 e. The zero-order valence-corrected chi connectivity index (χ0v) is 12.6. The minimum atomic E-state index is -0.383. The smallest absolute Gasteiger partial charge is 0.0900 e. The van der Waals surface area contributed by atoms with Gasteiger partial charge in [0.25, 0.3) is 0 Å². The Kier molecular flexibility index (Phi) is 6.31. The molecule has 1 aliphatic carbocycles. The van der Waals surface area contributed by atoms with Crippen LogP contribution in [0.25, 0.3) is 0 Å². The lowest BCUT2D eigenvalue weighted by molar-refractivity contribution is 0.00560. The maximum absolute atomic E-state index is 10.0. The molecule has 2 rings (SSSR count). The van der Waals surface area contributed by atoms with Crippen molar-refractivity contribution >= 4 is 11.3 Å². The fraction of sp³-hybridized carbons (Fsp3) is 0.733. The number of likely N-dealkylation sites (N-methyl/N-ethyl adjacent to an activating group) is 1. The van der Waals surface area contributed by atoms with Crippen LogP contribution < -0.4 is 0 Å². The Balaban J connectivity index is 1.61. The summed E-state index contributed by atoms with van der Waals surface area (Å²) in [5, 5.41) is 12.1. The third kappa shape index (κ3) is 5.22. The van der Waals surface area contributed by atoms with E-state index < -0.39 is 0 Å². The van der Waals surface area contributed by atoms with Gasteiger partial charge in [-0.15, -0.1) is 11.3 Å². The van der Waals surface area contributed by atoms with E-state index >= 15 is 0 Å². The second kappa shape index (κ2) is 8.00. The molecule has 1 fully saturated rings. The van der Waals surface area contributed by atoms with Crippen molar-refractivity contribution in [1.82, 2.24) is 4.90 Å². The first-order valence-electron chi connectivity index (χ1n) is 7.24. The fourth-order valence-corrected chi connectivity index (χ4v) is 3.39. The van der Waals surface area contributed by atoms with Crippen LogP contribution in [0.15, 0.2) is 17.5 Å². The predicted octanol–water partition coefficient (Wildman–Crippen LogP) is 2.89. The van der Waals surface area contributed by atoms with Gasteiger partial charge in [-0.05, 0) is 31.3 Å². The number of thiophene rings is 1. The summed E-state index contributed by atoms with van der Waals surface area (Å²) < 4.78 is 5.56. The van der Waals surface area contributed by atoms with E-state index in [0.717, 1.165) is 6.54 Å². The molecule has 0 aliphatic heterocycles. The molecule has 1 saturated carbocycles. The van der Waals surface area contributed by atoms with Gasteiger partial charge < -0.3 is 14.7 Å². The second-order valence-electron chi connectivity index (χ2n) is 5.48. The topological polar surface area (TPSA) is 32.7 Å². The Labute approximate surface area is 120 Å². The molecule has 0 radical (unpaired) electrons. The van der Waals surface area contributed by atoms with Crippen molar-refractivity contribution in [3.63, 3.8) is 0 Å². The molecule has 0 aromatic carbocycles. The summed E-state index contributed by atoms with van der Waals surface area (Å²) in [6.45, 7) is 1.76. The molecule has 1 aliphatic rings. The molecule has 1 aromatic rings. The summed E-state index contributed by atoms with van der Waals surface area (Å²) in [5.41, 5.74) is 0. The number of aliphatic hydroxyl groups is 1. The van der Waals surface area contributed by atoms with Gasteiger partial charge in [0.1, 0.15) is 0 Å². The average molecular weight is 283 g/mol. The van der Waals surface area contributed by atoms with Gasteiger partial charge >= 0.3 is 0 Å². The molecule has 108 valence electrons. The van der Waals surface area contributed by atoms with Gasteiger partial charge in [-0.2, -0.15) is 0 Å². The van der Waals surface area contributed by atoms with E-state index in [1.807, 2.05) is 11.4 Å². The third-order valence-corrected chi connectivity index (χ3v) is 4.68. The average Bonchev–Trinajstić information content (AvgIpc) is 2.93. The molecule has 1 N–H and O–H groups in total. The standard InChI is InChI=1S/C15H25NO2S/c1-16(13-6-3-2-4-7-13)10-14(17)11-18-12-15-8-5-9-19-15/h5,8-9,13-14,17H,2-4,6-7,10-12H2,1H3/t14-/m1/s1. The van der Waals surface area contributed by atoms with E-state index in [0.29, 0.717) is 19.3 Å². The van der Waals surface area contributed by atoms with Crippen LogP contribution in [0.4, 0.5) is 0 Å². The largest absolute Gasteiger partial charge is 0.389 e. The van der Waals surface area contributed by atoms with Crippen LogP contribution in [0.1, 0.15) is 37.0 Å². The SMILES string of the molecule is CN(C[C@@H](O)COCc1cccs1)C1CCCCC1. The molecule has 0 unspecified atom stereocenters. The summed E-state index contributed by atoms with van der Waals surface area (Å²) in [4.78, 5) is 3.52. The Hall–Kier alpha value is -0.420. The normalized spacial score (nSPS) is 18.9. The van der Waals surface area contributed by atoms with Gasteiger partial charge in [0.15, 0.2) is 0 Å². The molecule has 3 nitrogen and oxygen atoms in total. The Morgan fingerprint density at radius 3 is 2.89 bits per heavy atom. The first-order chi connectivity index (χ1) is 9.25. The van der Waals surface area contributed by atoms with Crippen molar-refractivity contribution < 1.29 is 9.84 Å². The fourth-order valence-electron chi connectivity index (χ4n) is 2.75. The Bertz CT molecular complexity index is 336. The molecule has 0 amide bonds. The monoisotopic (exact) mass is 283 g/mol. The van der Waals surface area contributed by atoms with E-state index in [1.54, 1.807) is 11.3 Å². The molecule has 0 saturated heterocycles. The van der Waals surface area contributed by atoms with Crippen molar-refractivity contribution in [2.45, 2.75) is 50.9 Å². The van der Waals surface area contributed by atoms with Crippen molar-refractivity contribution in [2.24, 2.45) is 0 Å². The highest BCUT2D eigenvalue weighted by atomic mass is 32.1. The molecule has 4 heteroatoms. The highest BCUT2D eigenvalue weighted by Crippen LogP contribution is 2.21. The highest BCUT2D eigenvalue weighted by molar-refractivity contribution is 7.09. The molecule has 0 bridgehead atoms. The Morgan fingerprint density at radius 2 is 2.21 bits per heavy atom. The number of ether oxygens (including phenoxy) is 1. The predicted molar refractivity (Wildman–Crippen MR) is 79.5 cm³/mol. The van der Waals surface area contributed by atoms with Crippen LogP contribution >= 0.6 is 11.3 Å². The lowest BCUT2D eigenvalue weighted by Gasteiger charge is -2.32. The van der Waals surface area contributed by atoms with Crippen LogP contribution in [-0.2, 0) is 11.3 Å². The van der Waals surface area contributed by atoms with Crippen LogP contribution in [0.3, 0.4) is 0 Å². The van der Waals surface area contributed by atoms with Crippen molar-refractivity contribution in [3.05, 3.63) is 22.4 Å². The van der Waals surface area contributed by atoms with Gasteiger partial charge in [-0.3, -0.25) is 0 Å². The number of aliphatic hydroxyl groups excluding tert-OH is 1. The Morgan fingerprint density at radius 1 is 1.42 bits per heavy atom. The van der Waals surface area contributed by atoms with Gasteiger partial charge in [0.05, 0.1) is 19.3 Å². The van der Waals surface area contributed by atoms with Gasteiger partial charge in [0, 0.05) is 17.5 Å². The van der Waals surface area contributed by atoms with Crippen molar-refractivity contribution in [2.75, 3.05) is 20.2 Å². The molecule has 1 aromatic heterocycles.